The largest absolute Gasteiger partial charge is 0.472 e. The highest BCUT2D eigenvalue weighted by Gasteiger charge is 2.26. The number of hydrogen-bond donors (Lipinski definition) is 2. The molecule has 0 aromatic carbocycles. The van der Waals surface area contributed by atoms with Crippen molar-refractivity contribution >= 4 is 19.8 Å². The van der Waals surface area contributed by atoms with Crippen molar-refractivity contribution in [1.82, 2.24) is 0 Å². The first-order valence-corrected chi connectivity index (χ1v) is 41.8. The van der Waals surface area contributed by atoms with Crippen molar-refractivity contribution in [2.45, 2.75) is 424 Å². The smallest absolute Gasteiger partial charge is 0.462 e. The molecule has 10 heteroatoms. The zero-order valence-corrected chi connectivity index (χ0v) is 62.0. The molecule has 0 aliphatic heterocycles. The molecule has 0 saturated carbocycles. The summed E-state index contributed by atoms with van der Waals surface area (Å²) in [6.45, 7) is 3.71. The Bertz CT molecular complexity index is 1700. The molecule has 0 fully saturated rings. The zero-order chi connectivity index (χ0) is 66.5. The van der Waals surface area contributed by atoms with E-state index in [1.54, 1.807) is 0 Å². The molecule has 92 heavy (non-hydrogen) atoms. The molecule has 0 radical (unpaired) electrons. The fourth-order valence-electron chi connectivity index (χ4n) is 12.3. The van der Waals surface area contributed by atoms with Crippen molar-refractivity contribution in [2.75, 3.05) is 26.4 Å². The average molecular weight is 1310 g/mol. The maximum atomic E-state index is 12.8. The molecule has 0 aliphatic rings. The summed E-state index contributed by atoms with van der Waals surface area (Å²) >= 11 is 0. The van der Waals surface area contributed by atoms with Gasteiger partial charge in [0.15, 0.2) is 6.10 Å². The summed E-state index contributed by atoms with van der Waals surface area (Å²) in [5.74, 6) is -0.804. The van der Waals surface area contributed by atoms with E-state index in [-0.39, 0.29) is 38.6 Å². The van der Waals surface area contributed by atoms with Crippen molar-refractivity contribution in [1.29, 1.82) is 0 Å². The van der Waals surface area contributed by atoms with Crippen LogP contribution in [0.1, 0.15) is 418 Å². The van der Waals surface area contributed by atoms with Crippen LogP contribution < -0.4 is 5.73 Å². The standard InChI is InChI=1S/C82H154NO8P/c1-3-5-7-9-11-13-15-17-19-21-23-25-27-29-31-33-35-37-39-41-42-44-46-48-50-52-54-56-58-60-62-64-66-68-70-72-74-81(84)88-78-80(79-90-92(86,87)89-77-76-83)91-82(85)75-73-71-69-67-65-63-61-59-57-55-53-51-49-47-45-43-40-38-36-34-32-30-28-26-24-22-20-18-16-14-12-10-8-6-4-2/h6,8,12,14,18,20,24,26,30,32,80H,3-5,7,9-11,13,15-17,19,21-23,25,27-29,31,33-79,83H2,1-2H3,(H,86,87)/b8-6-,14-12-,20-18-,26-24-,32-30-. The van der Waals surface area contributed by atoms with Crippen molar-refractivity contribution in [3.05, 3.63) is 60.8 Å². The van der Waals surface area contributed by atoms with E-state index in [4.69, 9.17) is 24.3 Å². The summed E-state index contributed by atoms with van der Waals surface area (Å²) in [4.78, 5) is 35.5. The number of ether oxygens (including phenoxy) is 2. The van der Waals surface area contributed by atoms with E-state index < -0.39 is 26.5 Å². The summed E-state index contributed by atoms with van der Waals surface area (Å²) in [6, 6.07) is 0. The first-order valence-electron chi connectivity index (χ1n) is 40.3. The van der Waals surface area contributed by atoms with Crippen molar-refractivity contribution in [2.24, 2.45) is 5.73 Å². The molecule has 0 aromatic heterocycles. The highest BCUT2D eigenvalue weighted by Crippen LogP contribution is 2.43. The van der Waals surface area contributed by atoms with Gasteiger partial charge in [-0.2, -0.15) is 0 Å². The molecule has 0 aliphatic carbocycles. The van der Waals surface area contributed by atoms with Crippen LogP contribution in [-0.2, 0) is 32.7 Å². The molecule has 0 amide bonds. The summed E-state index contributed by atoms with van der Waals surface area (Å²) in [5, 5.41) is 0. The Labute approximate surface area is 571 Å². The third-order valence-electron chi connectivity index (χ3n) is 18.2. The van der Waals surface area contributed by atoms with E-state index in [1.807, 2.05) is 0 Å². The van der Waals surface area contributed by atoms with Gasteiger partial charge in [-0.3, -0.25) is 18.6 Å². The van der Waals surface area contributed by atoms with E-state index >= 15 is 0 Å². The minimum absolute atomic E-state index is 0.0553. The van der Waals surface area contributed by atoms with Gasteiger partial charge in [-0.05, 0) is 57.8 Å². The number of nitrogens with two attached hydrogens (primary N) is 1. The van der Waals surface area contributed by atoms with E-state index in [9.17, 15) is 19.0 Å². The second kappa shape index (κ2) is 77.7. The van der Waals surface area contributed by atoms with Gasteiger partial charge in [0.2, 0.25) is 0 Å². The fraction of sp³-hybridized carbons (Fsp3) is 0.854. The average Bonchev–Trinajstić information content (AvgIpc) is 2.93. The fourth-order valence-corrected chi connectivity index (χ4v) is 13.0. The lowest BCUT2D eigenvalue weighted by Gasteiger charge is -2.19. The Hall–Kier alpha value is -2.29. The first-order chi connectivity index (χ1) is 45.3. The Morgan fingerprint density at radius 3 is 0.891 bits per heavy atom. The molecule has 3 N–H and O–H groups in total. The molecule has 2 atom stereocenters. The lowest BCUT2D eigenvalue weighted by molar-refractivity contribution is -0.161. The quantitative estimate of drug-likeness (QED) is 0.0264. The third-order valence-corrected chi connectivity index (χ3v) is 19.2. The van der Waals surface area contributed by atoms with Gasteiger partial charge in [0, 0.05) is 19.4 Å². The second-order valence-electron chi connectivity index (χ2n) is 27.3. The lowest BCUT2D eigenvalue weighted by atomic mass is 10.0. The Morgan fingerprint density at radius 2 is 0.598 bits per heavy atom. The van der Waals surface area contributed by atoms with Gasteiger partial charge in [-0.25, -0.2) is 4.57 Å². The molecule has 2 unspecified atom stereocenters. The predicted octanol–water partition coefficient (Wildman–Crippen LogP) is 26.9. The highest BCUT2D eigenvalue weighted by atomic mass is 31.2. The van der Waals surface area contributed by atoms with E-state index in [0.29, 0.717) is 6.42 Å². The van der Waals surface area contributed by atoms with Crippen LogP contribution in [0.25, 0.3) is 0 Å². The first kappa shape index (κ1) is 89.7. The van der Waals surface area contributed by atoms with Crippen LogP contribution in [0.4, 0.5) is 0 Å². The normalized spacial score (nSPS) is 13.1. The molecule has 0 saturated heterocycles. The topological polar surface area (TPSA) is 134 Å². The van der Waals surface area contributed by atoms with Crippen LogP contribution in [-0.4, -0.2) is 49.3 Å². The van der Waals surface area contributed by atoms with Crippen LogP contribution in [0, 0.1) is 0 Å². The van der Waals surface area contributed by atoms with Gasteiger partial charge in [-0.1, -0.05) is 408 Å². The molecule has 0 aromatic rings. The molecular formula is C82H154NO8P. The summed E-state index contributed by atoms with van der Waals surface area (Å²) < 4.78 is 33.3. The molecule has 0 bridgehead atoms. The Kier molecular flexibility index (Phi) is 75.8. The minimum Gasteiger partial charge on any atom is -0.462 e. The summed E-state index contributed by atoms with van der Waals surface area (Å²) in [5.41, 5.74) is 5.42. The molecular weight excluding hydrogens is 1160 g/mol. The molecule has 0 spiro atoms. The SMILES string of the molecule is CC/C=C\C/C=C\C/C=C\C/C=C\C/C=C\CCCCCCCCCCCCCCCCCCCCCC(=O)OC(COC(=O)CCCCCCCCCCCCCCCCCCCCCCCCCCCCCCCCCCCCCC)COP(=O)(O)OCCN. The molecule has 0 rings (SSSR count). The number of rotatable bonds is 77. The van der Waals surface area contributed by atoms with Crippen molar-refractivity contribution < 1.29 is 37.6 Å². The highest BCUT2D eigenvalue weighted by molar-refractivity contribution is 7.47. The van der Waals surface area contributed by atoms with Crippen LogP contribution in [0.3, 0.4) is 0 Å². The van der Waals surface area contributed by atoms with Gasteiger partial charge in [-0.15, -0.1) is 0 Å². The van der Waals surface area contributed by atoms with Crippen LogP contribution >= 0.6 is 7.82 Å². The third kappa shape index (κ3) is 76.7. The van der Waals surface area contributed by atoms with Gasteiger partial charge < -0.3 is 20.1 Å². The number of esters is 2. The number of hydrogen-bond acceptors (Lipinski definition) is 8. The van der Waals surface area contributed by atoms with Crippen LogP contribution in [0.15, 0.2) is 60.8 Å². The van der Waals surface area contributed by atoms with Gasteiger partial charge in [0.25, 0.3) is 0 Å². The number of carbonyl (C=O) groups is 2. The Balaban J connectivity index is 3.75. The summed E-state index contributed by atoms with van der Waals surface area (Å²) in [6.07, 6.45) is 102. The van der Waals surface area contributed by atoms with Gasteiger partial charge in [0.1, 0.15) is 6.61 Å². The van der Waals surface area contributed by atoms with E-state index in [2.05, 4.69) is 74.6 Å². The van der Waals surface area contributed by atoms with Crippen molar-refractivity contribution in [3.8, 4) is 0 Å². The minimum atomic E-state index is -4.40. The van der Waals surface area contributed by atoms with Gasteiger partial charge >= 0.3 is 19.8 Å². The van der Waals surface area contributed by atoms with E-state index in [0.717, 1.165) is 64.2 Å². The molecule has 540 valence electrons. The second-order valence-corrected chi connectivity index (χ2v) is 28.7. The predicted molar refractivity (Wildman–Crippen MR) is 400 cm³/mol. The van der Waals surface area contributed by atoms with Crippen LogP contribution in [0.2, 0.25) is 0 Å². The zero-order valence-electron chi connectivity index (χ0n) is 61.1. The molecule has 9 nitrogen and oxygen atoms in total. The number of carbonyl (C=O) groups excluding carboxylic acids is 2. The summed E-state index contributed by atoms with van der Waals surface area (Å²) in [7, 11) is -4.40. The maximum Gasteiger partial charge on any atom is 0.472 e. The lowest BCUT2D eigenvalue weighted by Crippen LogP contribution is -2.29. The number of phosphoric acid groups is 1. The van der Waals surface area contributed by atoms with E-state index in [1.165, 1.54) is 321 Å². The number of allylic oxidation sites excluding steroid dienone is 10. The molecule has 0 heterocycles. The number of phosphoric ester groups is 1. The van der Waals surface area contributed by atoms with Crippen LogP contribution in [0.5, 0.6) is 0 Å². The monoisotopic (exact) mass is 1310 g/mol. The maximum absolute atomic E-state index is 12.8. The van der Waals surface area contributed by atoms with Gasteiger partial charge in [0.05, 0.1) is 13.2 Å². The Morgan fingerprint density at radius 1 is 0.337 bits per heavy atom. The number of unbranched alkanes of at least 4 members (excludes halogenated alkanes) is 54. The van der Waals surface area contributed by atoms with Crippen molar-refractivity contribution in [3.63, 3.8) is 0 Å².